The number of fused-ring (bicyclic) bond motifs is 6. The normalized spacial score (nSPS) is 11.3. The molecule has 196 valence electrons. The van der Waals surface area contributed by atoms with Gasteiger partial charge in [0.2, 0.25) is 0 Å². The first-order valence-corrected chi connectivity index (χ1v) is 13.8. The van der Waals surface area contributed by atoms with Crippen molar-refractivity contribution in [2.75, 3.05) is 0 Å². The molecule has 42 heavy (non-hydrogen) atoms. The van der Waals surface area contributed by atoms with Gasteiger partial charge in [-0.05, 0) is 77.9 Å². The molecule has 6 aromatic carbocycles. The number of hydrogen-bond donors (Lipinski definition) is 0. The summed E-state index contributed by atoms with van der Waals surface area (Å²) in [6.45, 7) is 0. The van der Waals surface area contributed by atoms with Crippen molar-refractivity contribution in [3.05, 3.63) is 145 Å². The second kappa shape index (κ2) is 9.24. The van der Waals surface area contributed by atoms with E-state index in [1.807, 2.05) is 42.5 Å². The molecular formula is C38H24N4. The molecule has 4 nitrogen and oxygen atoms in total. The van der Waals surface area contributed by atoms with Gasteiger partial charge in [0.05, 0.1) is 45.3 Å². The van der Waals surface area contributed by atoms with Crippen LogP contribution in [-0.2, 0) is 0 Å². The van der Waals surface area contributed by atoms with Crippen molar-refractivity contribution in [2.24, 2.45) is 0 Å². The number of rotatable bonds is 3. The number of nitrogens with zero attached hydrogens (tertiary/aromatic N) is 4. The lowest BCUT2D eigenvalue weighted by Gasteiger charge is -2.13. The van der Waals surface area contributed by atoms with E-state index < -0.39 is 0 Å². The number of aromatic nitrogens is 2. The summed E-state index contributed by atoms with van der Waals surface area (Å²) >= 11 is 0. The third-order valence-corrected chi connectivity index (χ3v) is 8.12. The van der Waals surface area contributed by atoms with Crippen molar-refractivity contribution in [2.45, 2.75) is 0 Å². The van der Waals surface area contributed by atoms with Crippen LogP contribution in [0.3, 0.4) is 0 Å². The fourth-order valence-corrected chi connectivity index (χ4v) is 6.32. The van der Waals surface area contributed by atoms with Gasteiger partial charge in [-0.3, -0.25) is 0 Å². The largest absolute Gasteiger partial charge is 0.309 e. The maximum Gasteiger partial charge on any atom is 0.0992 e. The van der Waals surface area contributed by atoms with Gasteiger partial charge in [0.25, 0.3) is 0 Å². The van der Waals surface area contributed by atoms with Gasteiger partial charge in [-0.25, -0.2) is 0 Å². The Morgan fingerprint density at radius 3 is 1.60 bits per heavy atom. The highest BCUT2D eigenvalue weighted by atomic mass is 15.0. The number of nitriles is 2. The van der Waals surface area contributed by atoms with Crippen molar-refractivity contribution in [3.8, 4) is 34.6 Å². The van der Waals surface area contributed by atoms with Gasteiger partial charge < -0.3 is 9.13 Å². The van der Waals surface area contributed by atoms with Crippen LogP contribution in [0.2, 0.25) is 0 Å². The van der Waals surface area contributed by atoms with Crippen LogP contribution >= 0.6 is 0 Å². The van der Waals surface area contributed by atoms with Crippen molar-refractivity contribution >= 4 is 43.6 Å². The number of benzene rings is 6. The van der Waals surface area contributed by atoms with E-state index in [0.717, 1.165) is 55.3 Å². The average Bonchev–Trinajstić information content (AvgIpc) is 3.57. The summed E-state index contributed by atoms with van der Waals surface area (Å²) in [6, 6.07) is 50.2. The third kappa shape index (κ3) is 3.53. The first-order chi connectivity index (χ1) is 20.7. The molecule has 0 unspecified atom stereocenters. The van der Waals surface area contributed by atoms with Crippen LogP contribution in [0.5, 0.6) is 0 Å². The molecule has 0 fully saturated rings. The molecule has 0 bridgehead atoms. The monoisotopic (exact) mass is 537 g/mol. The molecule has 2 heterocycles. The lowest BCUT2D eigenvalue weighted by atomic mass is 10.0. The Kier molecular flexibility index (Phi) is 5.22. The molecule has 0 saturated carbocycles. The van der Waals surface area contributed by atoms with Gasteiger partial charge in [0, 0.05) is 34.3 Å². The fourth-order valence-electron chi connectivity index (χ4n) is 6.32. The van der Waals surface area contributed by atoms with E-state index in [1.165, 1.54) is 10.8 Å². The molecule has 4 heteroatoms. The highest BCUT2D eigenvalue weighted by Crippen LogP contribution is 2.36. The zero-order valence-electron chi connectivity index (χ0n) is 22.5. The zero-order valence-corrected chi connectivity index (χ0v) is 22.5. The highest BCUT2D eigenvalue weighted by molar-refractivity contribution is 6.10. The number of hydrogen-bond acceptors (Lipinski definition) is 2. The zero-order chi connectivity index (χ0) is 28.2. The summed E-state index contributed by atoms with van der Waals surface area (Å²) in [4.78, 5) is 0. The summed E-state index contributed by atoms with van der Waals surface area (Å²) in [5.74, 6) is 0. The fraction of sp³-hybridized carbons (Fsp3) is 0. The van der Waals surface area contributed by atoms with E-state index in [9.17, 15) is 10.5 Å². The molecule has 0 aliphatic rings. The topological polar surface area (TPSA) is 57.4 Å². The van der Waals surface area contributed by atoms with Crippen LogP contribution < -0.4 is 0 Å². The summed E-state index contributed by atoms with van der Waals surface area (Å²) in [6.07, 6.45) is 0. The van der Waals surface area contributed by atoms with E-state index in [0.29, 0.717) is 11.1 Å². The van der Waals surface area contributed by atoms with Crippen LogP contribution in [0.1, 0.15) is 12.6 Å². The molecule has 8 aromatic rings. The standard InChI is InChI=1S/C38H22N4.H2/c39-23-25-16-17-38-34(20-25)33-12-3-6-15-37(33)41(38)29-9-7-8-27(21-29)28-18-26(24-40)19-30(22-28)42-35-13-4-1-10-31(35)32-11-2-5-14-36(32)42;/h1-22H;1H/i;1+1. The first-order valence-electron chi connectivity index (χ1n) is 13.8. The Hall–Kier alpha value is -6.10. The van der Waals surface area contributed by atoms with E-state index >= 15 is 0 Å². The van der Waals surface area contributed by atoms with E-state index in [2.05, 4.69) is 112 Å². The number of para-hydroxylation sites is 3. The molecule has 2 aromatic heterocycles. The van der Waals surface area contributed by atoms with Gasteiger partial charge in [-0.15, -0.1) is 0 Å². The molecule has 0 amide bonds. The van der Waals surface area contributed by atoms with Gasteiger partial charge in [-0.2, -0.15) is 10.5 Å². The summed E-state index contributed by atoms with van der Waals surface area (Å²) in [5.41, 5.74) is 9.55. The maximum absolute atomic E-state index is 10.1. The predicted molar refractivity (Wildman–Crippen MR) is 172 cm³/mol. The lowest BCUT2D eigenvalue weighted by Crippen LogP contribution is -1.97. The van der Waals surface area contributed by atoms with E-state index in [4.69, 9.17) is 0 Å². The Morgan fingerprint density at radius 2 is 0.952 bits per heavy atom. The van der Waals surface area contributed by atoms with Gasteiger partial charge in [0.1, 0.15) is 0 Å². The van der Waals surface area contributed by atoms with Crippen LogP contribution in [0.25, 0.3) is 66.1 Å². The molecule has 0 radical (unpaired) electrons. The Bertz CT molecular complexity index is 2400. The molecule has 0 atom stereocenters. The average molecular weight is 538 g/mol. The Morgan fingerprint density at radius 1 is 0.405 bits per heavy atom. The lowest BCUT2D eigenvalue weighted by molar-refractivity contribution is 1.17. The minimum Gasteiger partial charge on any atom is -0.309 e. The summed E-state index contributed by atoms with van der Waals surface area (Å²) < 4.78 is 4.50. The van der Waals surface area contributed by atoms with Crippen LogP contribution in [0.15, 0.2) is 133 Å². The van der Waals surface area contributed by atoms with Gasteiger partial charge in [-0.1, -0.05) is 66.7 Å². The van der Waals surface area contributed by atoms with Crippen molar-refractivity contribution in [1.29, 1.82) is 10.5 Å². The quantitative estimate of drug-likeness (QED) is 0.225. The van der Waals surface area contributed by atoms with Gasteiger partial charge in [0.15, 0.2) is 0 Å². The van der Waals surface area contributed by atoms with Crippen molar-refractivity contribution in [1.82, 2.24) is 9.13 Å². The summed E-state index contributed by atoms with van der Waals surface area (Å²) in [7, 11) is 0. The van der Waals surface area contributed by atoms with Crippen molar-refractivity contribution < 1.29 is 1.43 Å². The maximum atomic E-state index is 10.1. The SMILES string of the molecule is N#Cc1cc(-c2cccc(-n3c4ccccc4c4cc(C#N)ccc43)c2)cc(-n2c3ccccc3c3ccccc32)c1.[2HH]. The van der Waals surface area contributed by atoms with Crippen LogP contribution in [0.4, 0.5) is 0 Å². The minimum absolute atomic E-state index is 0. The summed E-state index contributed by atoms with van der Waals surface area (Å²) in [5, 5.41) is 24.1. The highest BCUT2D eigenvalue weighted by Gasteiger charge is 2.16. The third-order valence-electron chi connectivity index (χ3n) is 8.12. The molecule has 0 spiro atoms. The molecular weight excluding hydrogens is 512 g/mol. The molecule has 0 saturated heterocycles. The molecule has 8 rings (SSSR count). The molecule has 0 aliphatic heterocycles. The van der Waals surface area contributed by atoms with E-state index in [1.54, 1.807) is 0 Å². The second-order valence-electron chi connectivity index (χ2n) is 10.5. The first kappa shape index (κ1) is 23.8. The minimum atomic E-state index is 0. The van der Waals surface area contributed by atoms with Gasteiger partial charge >= 0.3 is 0 Å². The Labute approximate surface area is 243 Å². The van der Waals surface area contributed by atoms with Crippen LogP contribution in [0, 0.1) is 22.7 Å². The smallest absolute Gasteiger partial charge is 0.0992 e. The van der Waals surface area contributed by atoms with Crippen LogP contribution in [-0.4, -0.2) is 9.13 Å². The molecule has 0 aliphatic carbocycles. The second-order valence-corrected chi connectivity index (χ2v) is 10.5. The predicted octanol–water partition coefficient (Wildman–Crippen LogP) is 9.54. The Balaban J connectivity index is 0.00000300. The van der Waals surface area contributed by atoms with E-state index in [-0.39, 0.29) is 1.43 Å². The van der Waals surface area contributed by atoms with Crippen molar-refractivity contribution in [3.63, 3.8) is 0 Å². The molecule has 0 N–H and O–H groups in total.